The summed E-state index contributed by atoms with van der Waals surface area (Å²) >= 11 is 0. The minimum atomic E-state index is -4.74. The van der Waals surface area contributed by atoms with Crippen LogP contribution in [0, 0.1) is 41.4 Å². The Morgan fingerprint density at radius 3 is 2.18 bits per heavy atom. The highest BCUT2D eigenvalue weighted by Crippen LogP contribution is 2.65. The molecule has 4 bridgehead atoms. The smallest absolute Gasteiger partial charge is 0.449 e. The molecule has 1 amide bonds. The molecule has 2 unspecified atom stereocenters. The molecule has 13 nitrogen and oxygen atoms in total. The predicted molar refractivity (Wildman–Crippen MR) is 236 cm³/mol. The second-order valence-corrected chi connectivity index (χ2v) is 21.7. The molecule has 0 aromatic carbocycles. The molecule has 16 heteroatoms. The number of ether oxygens (including phenoxy) is 6. The van der Waals surface area contributed by atoms with Crippen LogP contribution < -0.4 is 16.4 Å². The molecule has 7 aliphatic heterocycles. The number of amides is 1. The van der Waals surface area contributed by atoms with Crippen molar-refractivity contribution in [3.05, 3.63) is 11.3 Å². The van der Waals surface area contributed by atoms with Crippen LogP contribution in [-0.2, 0) is 43.0 Å². The van der Waals surface area contributed by atoms with E-state index in [4.69, 9.17) is 43.9 Å². The van der Waals surface area contributed by atoms with Gasteiger partial charge in [0, 0.05) is 43.7 Å². The normalized spacial score (nSPS) is 41.8. The van der Waals surface area contributed by atoms with Gasteiger partial charge in [0.15, 0.2) is 23.5 Å². The summed E-state index contributed by atoms with van der Waals surface area (Å²) in [6.45, 7) is 15.9. The first-order valence-corrected chi connectivity index (χ1v) is 25.6. The average molecular weight is 927 g/mol. The number of fused-ring (bicyclic) bond motifs is 3. The highest BCUT2D eigenvalue weighted by Gasteiger charge is 2.73. The maximum atomic E-state index is 15.2. The summed E-state index contributed by atoms with van der Waals surface area (Å²) in [5.74, 6) is -3.61. The van der Waals surface area contributed by atoms with Gasteiger partial charge in [0.1, 0.15) is 5.60 Å². The van der Waals surface area contributed by atoms with E-state index in [2.05, 4.69) is 31.4 Å². The molecule has 0 aromatic rings. The molecular weight excluding hydrogens is 846 g/mol. The number of nitrogens with zero attached hydrogens (tertiary/aromatic N) is 1. The van der Waals surface area contributed by atoms with E-state index in [9.17, 15) is 4.79 Å². The first-order chi connectivity index (χ1) is 31.0. The van der Waals surface area contributed by atoms with Crippen molar-refractivity contribution < 1.29 is 56.2 Å². The summed E-state index contributed by atoms with van der Waals surface area (Å²) in [5.41, 5.74) is 4.05. The van der Waals surface area contributed by atoms with Crippen molar-refractivity contribution in [1.82, 2.24) is 15.5 Å². The molecule has 65 heavy (non-hydrogen) atoms. The molecule has 8 fully saturated rings. The average Bonchev–Trinajstić information content (AvgIpc) is 3.31. The predicted octanol–water partition coefficient (Wildman–Crippen LogP) is 8.21. The van der Waals surface area contributed by atoms with Gasteiger partial charge in [-0.05, 0) is 147 Å². The van der Waals surface area contributed by atoms with E-state index in [1.165, 1.54) is 25.7 Å². The molecule has 14 atom stereocenters. The Morgan fingerprint density at radius 1 is 0.754 bits per heavy atom. The van der Waals surface area contributed by atoms with E-state index in [0.29, 0.717) is 51.3 Å². The zero-order valence-corrected chi connectivity index (χ0v) is 40.2. The van der Waals surface area contributed by atoms with Crippen molar-refractivity contribution in [1.29, 1.82) is 0 Å². The number of nitrogens with one attached hydrogen (secondary N) is 2. The Balaban J connectivity index is 0.916. The first kappa shape index (κ1) is 49.8. The highest BCUT2D eigenvalue weighted by atomic mass is 19.4. The van der Waals surface area contributed by atoms with Crippen molar-refractivity contribution in [2.45, 2.75) is 198 Å². The van der Waals surface area contributed by atoms with Gasteiger partial charge in [-0.25, -0.2) is 9.78 Å². The minimum Gasteiger partial charge on any atom is -0.456 e. The molecule has 2 aliphatic carbocycles. The fourth-order valence-electron chi connectivity index (χ4n) is 13.5. The van der Waals surface area contributed by atoms with Crippen LogP contribution in [0.5, 0.6) is 0 Å². The van der Waals surface area contributed by atoms with Gasteiger partial charge in [0.05, 0.1) is 13.2 Å². The highest BCUT2D eigenvalue weighted by molar-refractivity contribution is 5.78. The molecule has 372 valence electrons. The molecule has 9 rings (SSSR count). The molecule has 2 spiro atoms. The van der Waals surface area contributed by atoms with Crippen LogP contribution >= 0.6 is 0 Å². The van der Waals surface area contributed by atoms with Crippen LogP contribution in [-0.4, -0.2) is 111 Å². The molecular formula is C49H81F3N4O9. The van der Waals surface area contributed by atoms with Gasteiger partial charge in [0.25, 0.3) is 0 Å². The molecule has 2 saturated carbocycles. The van der Waals surface area contributed by atoms with Gasteiger partial charge < -0.3 is 44.8 Å². The maximum Gasteiger partial charge on any atom is 0.449 e. The third-order valence-corrected chi connectivity index (χ3v) is 17.2. The Morgan fingerprint density at radius 2 is 1.43 bits per heavy atom. The van der Waals surface area contributed by atoms with Gasteiger partial charge in [-0.1, -0.05) is 46.5 Å². The standard InChI is InChI=1S/C49H81F3N4O9/c1-32-17-19-39-35(41(49(50,51)52)59-42-47(39)36(32)20-22-44(4,60-42)63-47)30-56(31-40(57)55-27-15-26-54-25-12-10-8-7-9-11-24-53)28-13-14-29-58-46(6)34(3)38-18-16-33(2)37-21-23-45(5)61-43(62-46)48(37,38)65-64-45/h32-34,36-39,42-43,54H,7-31,53H2,1-6H3,(H,55,57)/t32-,33-,34-,36?,37?,38+,39+,42-,43+,44-,45+,46+,47-,48-/m1/s1. The minimum absolute atomic E-state index is 0.000464. The number of carbonyl (C=O) groups excluding carboxylic acids is 1. The molecule has 0 aromatic heterocycles. The topological polar surface area (TPSA) is 144 Å². The second kappa shape index (κ2) is 20.0. The zero-order chi connectivity index (χ0) is 46.3. The number of halogens is 3. The number of unbranched alkanes of at least 4 members (excludes halogenated alkanes) is 6. The van der Waals surface area contributed by atoms with E-state index in [0.717, 1.165) is 77.4 Å². The third kappa shape index (κ3) is 9.93. The summed E-state index contributed by atoms with van der Waals surface area (Å²) in [6, 6.07) is 0. The van der Waals surface area contributed by atoms with Crippen LogP contribution in [0.4, 0.5) is 13.2 Å². The van der Waals surface area contributed by atoms with Gasteiger partial charge in [-0.3, -0.25) is 9.69 Å². The van der Waals surface area contributed by atoms with Crippen molar-refractivity contribution in [2.75, 3.05) is 52.4 Å². The lowest BCUT2D eigenvalue weighted by molar-refractivity contribution is -0.585. The van der Waals surface area contributed by atoms with Crippen molar-refractivity contribution in [3.8, 4) is 0 Å². The molecule has 0 radical (unpaired) electrons. The Bertz CT molecular complexity index is 1680. The largest absolute Gasteiger partial charge is 0.456 e. The first-order valence-electron chi connectivity index (χ1n) is 25.6. The maximum absolute atomic E-state index is 15.2. The fourth-order valence-corrected chi connectivity index (χ4v) is 13.5. The van der Waals surface area contributed by atoms with Crippen LogP contribution in [0.3, 0.4) is 0 Å². The molecule has 4 N–H and O–H groups in total. The number of carbonyl (C=O) groups is 1. The van der Waals surface area contributed by atoms with Gasteiger partial charge >= 0.3 is 6.18 Å². The SMILES string of the molecule is C[C@@H]1CC[C@H]2C(CN(CCCCO[C@@]3(C)O[C@@H]4O[C@]5(C)CCC6[C@H](C)CC[C@@H]([C@H]3C)[C@]64OO5)CC(=O)NCCCNCCCCCCCCN)=C(C(F)(F)F)O[C@@H]3O[C@@]4(C)CCC1[C@]32O4. The monoisotopic (exact) mass is 927 g/mol. The van der Waals surface area contributed by atoms with Gasteiger partial charge in [-0.2, -0.15) is 13.2 Å². The summed E-state index contributed by atoms with van der Waals surface area (Å²) < 4.78 is 84.5. The third-order valence-electron chi connectivity index (χ3n) is 17.2. The van der Waals surface area contributed by atoms with Gasteiger partial charge in [0.2, 0.25) is 23.7 Å². The lowest BCUT2D eigenvalue weighted by Gasteiger charge is -2.62. The van der Waals surface area contributed by atoms with E-state index in [1.807, 2.05) is 25.7 Å². The second-order valence-electron chi connectivity index (χ2n) is 21.7. The van der Waals surface area contributed by atoms with Crippen LogP contribution in [0.25, 0.3) is 0 Å². The van der Waals surface area contributed by atoms with Crippen molar-refractivity contribution >= 4 is 5.91 Å². The lowest BCUT2D eigenvalue weighted by atomic mass is 9.57. The summed E-state index contributed by atoms with van der Waals surface area (Å²) in [7, 11) is 0. The fraction of sp³-hybridized carbons (Fsp3) is 0.939. The molecule has 7 heterocycles. The van der Waals surface area contributed by atoms with Crippen LogP contribution in [0.1, 0.15) is 151 Å². The van der Waals surface area contributed by atoms with Crippen molar-refractivity contribution in [2.24, 2.45) is 47.2 Å². The van der Waals surface area contributed by atoms with Gasteiger partial charge in [-0.15, -0.1) is 0 Å². The quantitative estimate of drug-likeness (QED) is 0.0712. The molecule has 9 aliphatic rings. The van der Waals surface area contributed by atoms with E-state index < -0.39 is 59.0 Å². The molecule has 6 saturated heterocycles. The Hall–Kier alpha value is -1.60. The van der Waals surface area contributed by atoms with Crippen molar-refractivity contribution in [3.63, 3.8) is 0 Å². The number of rotatable bonds is 22. The van der Waals surface area contributed by atoms with Crippen LogP contribution in [0.15, 0.2) is 11.3 Å². The number of alkyl halides is 3. The van der Waals surface area contributed by atoms with E-state index in [-0.39, 0.29) is 54.2 Å². The van der Waals surface area contributed by atoms with E-state index >= 15 is 13.2 Å². The van der Waals surface area contributed by atoms with E-state index in [1.54, 1.807) is 0 Å². The van der Waals surface area contributed by atoms with Crippen LogP contribution in [0.2, 0.25) is 0 Å². The summed E-state index contributed by atoms with van der Waals surface area (Å²) in [5, 5.41) is 6.52. The number of hydrogen-bond acceptors (Lipinski definition) is 12. The summed E-state index contributed by atoms with van der Waals surface area (Å²) in [4.78, 5) is 27.8. The number of allylic oxidation sites excluding steroid dienone is 1. The Kier molecular flexibility index (Phi) is 15.3. The number of hydrogen-bond donors (Lipinski definition) is 3. The number of nitrogens with two attached hydrogens (primary N) is 1. The zero-order valence-electron chi connectivity index (χ0n) is 40.2. The lowest BCUT2D eigenvalue weighted by Crippen LogP contribution is -2.72. The summed E-state index contributed by atoms with van der Waals surface area (Å²) in [6.07, 6.45) is 8.83. The Labute approximate surface area is 385 Å².